The van der Waals surface area contributed by atoms with Crippen LogP contribution in [0.3, 0.4) is 0 Å². The summed E-state index contributed by atoms with van der Waals surface area (Å²) >= 11 is 0. The van der Waals surface area contributed by atoms with Gasteiger partial charge in [-0.25, -0.2) is 9.37 Å². The smallest absolute Gasteiger partial charge is 0.251 e. The second kappa shape index (κ2) is 7.95. The topological polar surface area (TPSA) is 48.5 Å². The van der Waals surface area contributed by atoms with Crippen molar-refractivity contribution in [1.82, 2.24) is 9.88 Å². The lowest BCUT2D eigenvalue weighted by Crippen LogP contribution is -2.56. The van der Waals surface area contributed by atoms with Crippen LogP contribution >= 0.6 is 0 Å². The van der Waals surface area contributed by atoms with Gasteiger partial charge in [-0.1, -0.05) is 18.2 Å². The van der Waals surface area contributed by atoms with Crippen LogP contribution in [0.5, 0.6) is 0 Å². The zero-order valence-corrected chi connectivity index (χ0v) is 16.9. The number of anilines is 2. The van der Waals surface area contributed by atoms with Gasteiger partial charge in [-0.3, -0.25) is 14.6 Å². The molecule has 152 valence electrons. The molecule has 0 radical (unpaired) electrons. The molecule has 5 nitrogen and oxygen atoms in total. The monoisotopic (exact) mass is 394 g/mol. The number of amides is 1. The quantitative estimate of drug-likeness (QED) is 0.833. The number of piperidine rings is 1. The third-order valence-electron chi connectivity index (χ3n) is 5.94. The molecule has 3 heterocycles. The van der Waals surface area contributed by atoms with E-state index < -0.39 is 0 Å². The van der Waals surface area contributed by atoms with Crippen LogP contribution in [0.1, 0.15) is 32.3 Å². The fourth-order valence-corrected chi connectivity index (χ4v) is 4.52. The summed E-state index contributed by atoms with van der Waals surface area (Å²) in [5.74, 6) is 0.498. The number of nitrogens with one attached hydrogen (secondary N) is 1. The maximum Gasteiger partial charge on any atom is 0.251 e. The Balaban J connectivity index is 1.48. The SMILES string of the molecule is CCNc1ccc(CN2CC[C@@]3(C=CC(=O)N3c3cccc(F)c3)C[C@H]2C)cn1. The van der Waals surface area contributed by atoms with E-state index in [2.05, 4.69) is 35.1 Å². The van der Waals surface area contributed by atoms with Crippen molar-refractivity contribution in [3.63, 3.8) is 0 Å². The zero-order chi connectivity index (χ0) is 20.4. The van der Waals surface area contributed by atoms with E-state index >= 15 is 0 Å². The lowest BCUT2D eigenvalue weighted by molar-refractivity contribution is -0.114. The summed E-state index contributed by atoms with van der Waals surface area (Å²) in [6.07, 6.45) is 7.21. The van der Waals surface area contributed by atoms with Crippen LogP contribution < -0.4 is 10.2 Å². The van der Waals surface area contributed by atoms with Crippen LogP contribution in [0, 0.1) is 5.82 Å². The molecule has 29 heavy (non-hydrogen) atoms. The zero-order valence-electron chi connectivity index (χ0n) is 16.9. The molecule has 2 atom stereocenters. The van der Waals surface area contributed by atoms with Gasteiger partial charge in [-0.05, 0) is 56.5 Å². The van der Waals surface area contributed by atoms with Gasteiger partial charge in [-0.15, -0.1) is 0 Å². The molecule has 0 unspecified atom stereocenters. The minimum Gasteiger partial charge on any atom is -0.370 e. The summed E-state index contributed by atoms with van der Waals surface area (Å²) in [4.78, 5) is 21.3. The van der Waals surface area contributed by atoms with Gasteiger partial charge in [0.05, 0.1) is 5.54 Å². The maximum atomic E-state index is 13.8. The first-order valence-electron chi connectivity index (χ1n) is 10.2. The molecule has 0 saturated carbocycles. The average Bonchev–Trinajstić information content (AvgIpc) is 3.01. The highest BCUT2D eigenvalue weighted by atomic mass is 19.1. The van der Waals surface area contributed by atoms with Crippen molar-refractivity contribution in [2.24, 2.45) is 0 Å². The Hall–Kier alpha value is -2.73. The van der Waals surface area contributed by atoms with Gasteiger partial charge < -0.3 is 5.32 Å². The van der Waals surface area contributed by atoms with Crippen LogP contribution in [0.4, 0.5) is 15.9 Å². The number of aromatic nitrogens is 1. The van der Waals surface area contributed by atoms with E-state index in [1.807, 2.05) is 24.4 Å². The van der Waals surface area contributed by atoms with E-state index in [1.165, 1.54) is 17.7 Å². The third-order valence-corrected chi connectivity index (χ3v) is 5.94. The van der Waals surface area contributed by atoms with Crippen LogP contribution in [-0.4, -0.2) is 40.5 Å². The first-order valence-corrected chi connectivity index (χ1v) is 10.2. The van der Waals surface area contributed by atoms with Crippen molar-refractivity contribution < 1.29 is 9.18 Å². The first-order chi connectivity index (χ1) is 14.0. The molecule has 4 rings (SSSR count). The highest BCUT2D eigenvalue weighted by Gasteiger charge is 2.46. The minimum atomic E-state index is -0.381. The van der Waals surface area contributed by atoms with Gasteiger partial charge in [0.1, 0.15) is 11.6 Å². The molecule has 1 aromatic heterocycles. The standard InChI is InChI=1S/C23H27FN4O/c1-3-25-21-8-7-18(15-26-21)16-27-12-11-23(14-17(27)2)10-9-22(29)28(23)20-6-4-5-19(24)13-20/h4-10,13,15,17H,3,11-12,14,16H2,1-2H3,(H,25,26)/t17-,23+/m1/s1. The van der Waals surface area contributed by atoms with E-state index in [0.717, 1.165) is 38.3 Å². The summed E-state index contributed by atoms with van der Waals surface area (Å²) < 4.78 is 13.8. The number of benzene rings is 1. The molecular formula is C23H27FN4O. The van der Waals surface area contributed by atoms with Crippen molar-refractivity contribution in [3.05, 3.63) is 66.1 Å². The highest BCUT2D eigenvalue weighted by molar-refractivity contribution is 6.06. The number of hydrogen-bond donors (Lipinski definition) is 1. The van der Waals surface area contributed by atoms with Crippen LogP contribution in [0.25, 0.3) is 0 Å². The van der Waals surface area contributed by atoms with Crippen LogP contribution in [0.15, 0.2) is 54.7 Å². The van der Waals surface area contributed by atoms with Crippen LogP contribution in [-0.2, 0) is 11.3 Å². The van der Waals surface area contributed by atoms with Crippen molar-refractivity contribution in [2.45, 2.75) is 44.8 Å². The Bertz CT molecular complexity index is 913. The number of carbonyl (C=O) groups is 1. The number of likely N-dealkylation sites (tertiary alicyclic amines) is 1. The summed E-state index contributed by atoms with van der Waals surface area (Å²) in [6, 6.07) is 10.7. The highest BCUT2D eigenvalue weighted by Crippen LogP contribution is 2.40. The lowest BCUT2D eigenvalue weighted by atomic mass is 9.82. The molecule has 2 aliphatic heterocycles. The van der Waals surface area contributed by atoms with Crippen LogP contribution in [0.2, 0.25) is 0 Å². The largest absolute Gasteiger partial charge is 0.370 e. The van der Waals surface area contributed by atoms with E-state index in [4.69, 9.17) is 0 Å². The summed E-state index contributed by atoms with van der Waals surface area (Å²) in [6.45, 7) is 6.79. The molecule has 2 aromatic rings. The molecule has 1 N–H and O–H groups in total. The Morgan fingerprint density at radius 2 is 2.17 bits per heavy atom. The molecule has 1 fully saturated rings. The molecule has 0 bridgehead atoms. The molecule has 1 saturated heterocycles. The van der Waals surface area contributed by atoms with Crippen molar-refractivity contribution in [1.29, 1.82) is 0 Å². The second-order valence-corrected chi connectivity index (χ2v) is 7.95. The molecular weight excluding hydrogens is 367 g/mol. The van der Waals surface area contributed by atoms with E-state index in [0.29, 0.717) is 5.69 Å². The Kier molecular flexibility index (Phi) is 5.37. The number of hydrogen-bond acceptors (Lipinski definition) is 4. The van der Waals surface area contributed by atoms with Gasteiger partial charge in [0.15, 0.2) is 0 Å². The van der Waals surface area contributed by atoms with E-state index in [-0.39, 0.29) is 23.3 Å². The number of pyridine rings is 1. The van der Waals surface area contributed by atoms with E-state index in [1.54, 1.807) is 17.0 Å². The number of carbonyl (C=O) groups excluding carboxylic acids is 1. The minimum absolute atomic E-state index is 0.0699. The van der Waals surface area contributed by atoms with Crippen molar-refractivity contribution >= 4 is 17.4 Å². The Morgan fingerprint density at radius 1 is 1.31 bits per heavy atom. The van der Waals surface area contributed by atoms with Crippen molar-refractivity contribution in [3.8, 4) is 0 Å². The fraction of sp³-hybridized carbons (Fsp3) is 0.391. The summed E-state index contributed by atoms with van der Waals surface area (Å²) in [7, 11) is 0. The summed E-state index contributed by atoms with van der Waals surface area (Å²) in [5.41, 5.74) is 1.42. The first kappa shape index (κ1) is 19.6. The molecule has 0 aliphatic carbocycles. The second-order valence-electron chi connectivity index (χ2n) is 7.95. The summed E-state index contributed by atoms with van der Waals surface area (Å²) in [5, 5.41) is 3.21. The third kappa shape index (κ3) is 3.90. The molecule has 1 aromatic carbocycles. The van der Waals surface area contributed by atoms with Gasteiger partial charge in [0.2, 0.25) is 0 Å². The van der Waals surface area contributed by atoms with Gasteiger partial charge in [0.25, 0.3) is 5.91 Å². The molecule has 1 spiro atoms. The normalized spacial score (nSPS) is 24.4. The Morgan fingerprint density at radius 3 is 2.86 bits per heavy atom. The number of nitrogens with zero attached hydrogens (tertiary/aromatic N) is 3. The lowest BCUT2D eigenvalue weighted by Gasteiger charge is -2.47. The van der Waals surface area contributed by atoms with Crippen molar-refractivity contribution in [2.75, 3.05) is 23.3 Å². The Labute approximate surface area is 171 Å². The number of halogens is 1. The van der Waals surface area contributed by atoms with Gasteiger partial charge >= 0.3 is 0 Å². The maximum absolute atomic E-state index is 13.8. The number of rotatable bonds is 5. The van der Waals surface area contributed by atoms with E-state index in [9.17, 15) is 9.18 Å². The predicted molar refractivity (Wildman–Crippen MR) is 113 cm³/mol. The predicted octanol–water partition coefficient (Wildman–Crippen LogP) is 3.98. The van der Waals surface area contributed by atoms with Gasteiger partial charge in [0, 0.05) is 43.6 Å². The van der Waals surface area contributed by atoms with Gasteiger partial charge in [-0.2, -0.15) is 0 Å². The molecule has 1 amide bonds. The molecule has 2 aliphatic rings. The average molecular weight is 394 g/mol. The fourth-order valence-electron chi connectivity index (χ4n) is 4.52. The molecule has 6 heteroatoms.